The number of carbonyl (C=O) groups excluding carboxylic acids is 1. The zero-order valence-corrected chi connectivity index (χ0v) is 7.96. The van der Waals surface area contributed by atoms with E-state index in [2.05, 4.69) is 4.74 Å². The molecule has 72 valence electrons. The van der Waals surface area contributed by atoms with Gasteiger partial charge in [-0.2, -0.15) is 0 Å². The van der Waals surface area contributed by atoms with Gasteiger partial charge < -0.3 is 14.9 Å². The number of hydrogen-bond acceptors (Lipinski definition) is 4. The molecule has 0 fully saturated rings. The van der Waals surface area contributed by atoms with Crippen LogP contribution in [-0.4, -0.2) is 13.1 Å². The number of ether oxygens (including phenoxy) is 1. The third-order valence-electron chi connectivity index (χ3n) is 1.79. The summed E-state index contributed by atoms with van der Waals surface area (Å²) in [4.78, 5) is 11.1. The Kier molecular flexibility index (Phi) is 2.72. The maximum Gasteiger partial charge on any atom is 0.341 e. The van der Waals surface area contributed by atoms with E-state index in [1.807, 2.05) is 0 Å². The van der Waals surface area contributed by atoms with Crippen molar-refractivity contribution in [1.29, 1.82) is 0 Å². The summed E-state index contributed by atoms with van der Waals surface area (Å²) in [6.07, 6.45) is 0. The maximum absolute atomic E-state index is 11.1. The number of carbonyl (C=O) groups is 1. The molecule has 0 amide bonds. The summed E-state index contributed by atoms with van der Waals surface area (Å²) in [5, 5.41) is 0. The second-order valence-corrected chi connectivity index (χ2v) is 2.90. The Balaban J connectivity index is 3.03. The van der Waals surface area contributed by atoms with Gasteiger partial charge >= 0.3 is 5.97 Å². The van der Waals surface area contributed by atoms with Gasteiger partial charge in [-0.3, -0.25) is 0 Å². The van der Waals surface area contributed by atoms with Crippen molar-refractivity contribution in [1.82, 2.24) is 0 Å². The highest BCUT2D eigenvalue weighted by Crippen LogP contribution is 2.19. The molecule has 0 aliphatic carbocycles. The number of methoxy groups -OCH3 is 1. The number of rotatable bonds is 2. The summed E-state index contributed by atoms with van der Waals surface area (Å²) >= 11 is 0. The van der Waals surface area contributed by atoms with Crippen LogP contribution in [0.5, 0.6) is 0 Å². The van der Waals surface area contributed by atoms with Crippen LogP contribution in [0.1, 0.15) is 34.8 Å². The lowest BCUT2D eigenvalue weighted by Gasteiger charge is -1.96. The summed E-state index contributed by atoms with van der Waals surface area (Å²) in [7, 11) is 1.33. The van der Waals surface area contributed by atoms with Crippen molar-refractivity contribution < 1.29 is 13.9 Å². The van der Waals surface area contributed by atoms with E-state index >= 15 is 0 Å². The van der Waals surface area contributed by atoms with Crippen molar-refractivity contribution in [2.75, 3.05) is 7.11 Å². The molecule has 0 bridgehead atoms. The Bertz CT molecular complexity index is 315. The van der Waals surface area contributed by atoms with Crippen molar-refractivity contribution >= 4 is 5.97 Å². The van der Waals surface area contributed by atoms with E-state index in [0.717, 1.165) is 0 Å². The van der Waals surface area contributed by atoms with Crippen LogP contribution in [0, 0.1) is 6.92 Å². The molecule has 13 heavy (non-hydrogen) atoms. The largest absolute Gasteiger partial charge is 0.465 e. The molecule has 1 rings (SSSR count). The number of aryl methyl sites for hydroxylation is 1. The SMILES string of the molecule is COC(=O)c1cc([C@@H](C)N)oc1C. The average Bonchev–Trinajstić information content (AvgIpc) is 2.46. The Morgan fingerprint density at radius 1 is 1.69 bits per heavy atom. The first kappa shape index (κ1) is 9.80. The van der Waals surface area contributed by atoms with Gasteiger partial charge in [0.15, 0.2) is 0 Å². The van der Waals surface area contributed by atoms with Crippen LogP contribution in [0.25, 0.3) is 0 Å². The first-order chi connectivity index (χ1) is 6.06. The Hall–Kier alpha value is -1.29. The fourth-order valence-corrected chi connectivity index (χ4v) is 1.04. The molecule has 0 saturated heterocycles. The van der Waals surface area contributed by atoms with Crippen LogP contribution < -0.4 is 5.73 Å². The fourth-order valence-electron chi connectivity index (χ4n) is 1.04. The van der Waals surface area contributed by atoms with E-state index in [1.54, 1.807) is 19.9 Å². The minimum Gasteiger partial charge on any atom is -0.465 e. The maximum atomic E-state index is 11.1. The van der Waals surface area contributed by atoms with Gasteiger partial charge in [-0.1, -0.05) is 0 Å². The van der Waals surface area contributed by atoms with E-state index in [1.165, 1.54) is 7.11 Å². The molecule has 0 saturated carbocycles. The van der Waals surface area contributed by atoms with Gasteiger partial charge in [0, 0.05) is 0 Å². The Morgan fingerprint density at radius 3 is 2.69 bits per heavy atom. The topological polar surface area (TPSA) is 65.5 Å². The average molecular weight is 183 g/mol. The highest BCUT2D eigenvalue weighted by molar-refractivity contribution is 5.90. The van der Waals surface area contributed by atoms with Gasteiger partial charge in [-0.15, -0.1) is 0 Å². The van der Waals surface area contributed by atoms with Crippen LogP contribution >= 0.6 is 0 Å². The quantitative estimate of drug-likeness (QED) is 0.704. The minimum absolute atomic E-state index is 0.211. The lowest BCUT2D eigenvalue weighted by atomic mass is 10.2. The molecule has 1 atom stereocenters. The third-order valence-corrected chi connectivity index (χ3v) is 1.79. The lowest BCUT2D eigenvalue weighted by molar-refractivity contribution is 0.0599. The highest BCUT2D eigenvalue weighted by atomic mass is 16.5. The predicted octanol–water partition coefficient (Wildman–Crippen LogP) is 1.39. The molecular weight excluding hydrogens is 170 g/mol. The predicted molar refractivity (Wildman–Crippen MR) is 47.4 cm³/mol. The van der Waals surface area contributed by atoms with Crippen molar-refractivity contribution in [3.63, 3.8) is 0 Å². The summed E-state index contributed by atoms with van der Waals surface area (Å²) in [5.41, 5.74) is 6.03. The van der Waals surface area contributed by atoms with Gasteiger partial charge in [-0.25, -0.2) is 4.79 Å². The molecule has 2 N–H and O–H groups in total. The van der Waals surface area contributed by atoms with Crippen LogP contribution in [0.15, 0.2) is 10.5 Å². The normalized spacial score (nSPS) is 12.6. The monoisotopic (exact) mass is 183 g/mol. The first-order valence-electron chi connectivity index (χ1n) is 4.00. The van der Waals surface area contributed by atoms with Crippen LogP contribution in [0.4, 0.5) is 0 Å². The molecular formula is C9H13NO3. The smallest absolute Gasteiger partial charge is 0.341 e. The summed E-state index contributed by atoms with van der Waals surface area (Å²) < 4.78 is 9.84. The van der Waals surface area contributed by atoms with Crippen molar-refractivity contribution in [2.45, 2.75) is 19.9 Å². The molecule has 1 heterocycles. The summed E-state index contributed by atoms with van der Waals surface area (Å²) in [6.45, 7) is 3.50. The highest BCUT2D eigenvalue weighted by Gasteiger charge is 2.16. The van der Waals surface area contributed by atoms with Crippen LogP contribution in [0.2, 0.25) is 0 Å². The number of nitrogens with two attached hydrogens (primary N) is 1. The molecule has 1 aromatic heterocycles. The van der Waals surface area contributed by atoms with Gasteiger partial charge in [0.2, 0.25) is 0 Å². The molecule has 4 heteroatoms. The van der Waals surface area contributed by atoms with E-state index in [-0.39, 0.29) is 6.04 Å². The molecule has 0 unspecified atom stereocenters. The van der Waals surface area contributed by atoms with E-state index in [9.17, 15) is 4.79 Å². The number of esters is 1. The van der Waals surface area contributed by atoms with E-state index in [4.69, 9.17) is 10.2 Å². The van der Waals surface area contributed by atoms with Gasteiger partial charge in [-0.05, 0) is 19.9 Å². The summed E-state index contributed by atoms with van der Waals surface area (Å²) in [5.74, 6) is 0.741. The lowest BCUT2D eigenvalue weighted by Crippen LogP contribution is -2.03. The van der Waals surface area contributed by atoms with Crippen LogP contribution in [0.3, 0.4) is 0 Å². The van der Waals surface area contributed by atoms with Crippen LogP contribution in [-0.2, 0) is 4.74 Å². The van der Waals surface area contributed by atoms with E-state index in [0.29, 0.717) is 17.1 Å². The molecule has 0 spiro atoms. The molecule has 0 aromatic carbocycles. The second-order valence-electron chi connectivity index (χ2n) is 2.90. The standard InChI is InChI=1S/C9H13NO3/c1-5(10)8-4-7(6(2)13-8)9(11)12-3/h4-5H,10H2,1-3H3/t5-/m1/s1. The Morgan fingerprint density at radius 2 is 2.31 bits per heavy atom. The number of furan rings is 1. The fraction of sp³-hybridized carbons (Fsp3) is 0.444. The minimum atomic E-state index is -0.395. The molecule has 0 radical (unpaired) electrons. The second kappa shape index (κ2) is 3.62. The molecule has 1 aromatic rings. The van der Waals surface area contributed by atoms with E-state index < -0.39 is 5.97 Å². The van der Waals surface area contributed by atoms with Gasteiger partial charge in [0.1, 0.15) is 17.1 Å². The van der Waals surface area contributed by atoms with Crippen molar-refractivity contribution in [3.05, 3.63) is 23.2 Å². The third kappa shape index (κ3) is 1.89. The zero-order chi connectivity index (χ0) is 10.0. The number of hydrogen-bond donors (Lipinski definition) is 1. The van der Waals surface area contributed by atoms with Gasteiger partial charge in [0.25, 0.3) is 0 Å². The summed E-state index contributed by atoms with van der Waals surface area (Å²) in [6, 6.07) is 1.41. The Labute approximate surface area is 76.7 Å². The van der Waals surface area contributed by atoms with Crippen molar-refractivity contribution in [3.8, 4) is 0 Å². The molecule has 0 aliphatic heterocycles. The molecule has 0 aliphatic rings. The van der Waals surface area contributed by atoms with Gasteiger partial charge in [0.05, 0.1) is 13.2 Å². The van der Waals surface area contributed by atoms with Crippen molar-refractivity contribution in [2.24, 2.45) is 5.73 Å². The zero-order valence-electron chi connectivity index (χ0n) is 7.96. The first-order valence-corrected chi connectivity index (χ1v) is 4.00. The molecule has 4 nitrogen and oxygen atoms in total.